The zero-order chi connectivity index (χ0) is 27.8. The Morgan fingerprint density at radius 3 is 1.80 bits per heavy atom. The molecule has 1 saturated carbocycles. The lowest BCUT2D eigenvalue weighted by molar-refractivity contribution is -0.134. The van der Waals surface area contributed by atoms with Crippen LogP contribution in [0.25, 0.3) is 11.1 Å². The van der Waals surface area contributed by atoms with E-state index in [9.17, 15) is 19.6 Å². The van der Waals surface area contributed by atoms with Crippen molar-refractivity contribution < 1.29 is 14.4 Å². The fourth-order valence-electron chi connectivity index (χ4n) is 8.48. The molecule has 2 fully saturated rings. The predicted molar refractivity (Wildman–Crippen MR) is 155 cm³/mol. The van der Waals surface area contributed by atoms with Gasteiger partial charge in [-0.3, -0.25) is 14.4 Å². The number of hydrogen-bond donors (Lipinski definition) is 0. The minimum atomic E-state index is -1.11. The normalized spacial score (nSPS) is 28.7. The summed E-state index contributed by atoms with van der Waals surface area (Å²) in [6.07, 6.45) is 4.56. The average Bonchev–Trinajstić information content (AvgIpc) is 3.64. The second-order valence-electron chi connectivity index (χ2n) is 11.4. The number of rotatable bonds is 5. The lowest BCUT2D eigenvalue weighted by Crippen LogP contribution is -2.41. The van der Waals surface area contributed by atoms with Crippen molar-refractivity contribution in [2.75, 3.05) is 4.90 Å². The van der Waals surface area contributed by atoms with Gasteiger partial charge in [-0.25, -0.2) is 4.90 Å². The molecular formula is C34H30N2O3S. The van der Waals surface area contributed by atoms with E-state index in [1.165, 1.54) is 16.2 Å². The average molecular weight is 547 g/mol. The first-order valence-corrected chi connectivity index (χ1v) is 15.1. The fraction of sp³-hybridized carbons (Fsp3) is 0.353. The van der Waals surface area contributed by atoms with E-state index in [2.05, 4.69) is 6.07 Å². The number of carbonyl (C=O) groups excluding carboxylic acids is 3. The van der Waals surface area contributed by atoms with Crippen molar-refractivity contribution in [1.29, 1.82) is 5.26 Å². The second kappa shape index (κ2) is 8.84. The van der Waals surface area contributed by atoms with Gasteiger partial charge in [0.2, 0.25) is 11.8 Å². The van der Waals surface area contributed by atoms with Crippen LogP contribution in [0.5, 0.6) is 0 Å². The Morgan fingerprint density at radius 2 is 1.32 bits per heavy atom. The van der Waals surface area contributed by atoms with Gasteiger partial charge in [0.1, 0.15) is 11.1 Å². The minimum Gasteiger partial charge on any atom is -0.298 e. The molecule has 4 aliphatic rings. The standard InChI is InChI=1S/C34H30N2O3S/c1-3-33-25(20-13-7-5-8-14-20)26(21-15-9-6-10-16-21)34(4-2,32(33)39)28-27(33)29(37)36(30(28)38)31-23(19-35)22-17-11-12-18-24(22)40-31/h5-10,13-16,27-28H,3-4,11-12,17-18H2,1-2H3/t27-,28-,33-,34-/m0/s1. The van der Waals surface area contributed by atoms with Gasteiger partial charge in [-0.15, -0.1) is 11.3 Å². The van der Waals surface area contributed by atoms with Gasteiger partial charge in [0.25, 0.3) is 0 Å². The number of hydrogen-bond acceptors (Lipinski definition) is 5. The summed E-state index contributed by atoms with van der Waals surface area (Å²) in [6.45, 7) is 3.95. The van der Waals surface area contributed by atoms with Crippen molar-refractivity contribution in [3.63, 3.8) is 0 Å². The highest BCUT2D eigenvalue weighted by molar-refractivity contribution is 7.17. The first-order chi connectivity index (χ1) is 19.5. The Kier molecular flexibility index (Phi) is 5.56. The Labute approximate surface area is 238 Å². The molecule has 6 heteroatoms. The number of anilines is 1. The Morgan fingerprint density at radius 1 is 0.825 bits per heavy atom. The van der Waals surface area contributed by atoms with Gasteiger partial charge in [-0.1, -0.05) is 74.5 Å². The zero-order valence-electron chi connectivity index (χ0n) is 22.7. The predicted octanol–water partition coefficient (Wildman–Crippen LogP) is 6.60. The van der Waals surface area contributed by atoms with Gasteiger partial charge >= 0.3 is 0 Å². The number of Topliss-reactive ketones (excluding diaryl/α,β-unsaturated/α-hetero) is 1. The molecule has 7 rings (SSSR count). The number of amides is 2. The summed E-state index contributed by atoms with van der Waals surface area (Å²) in [5.74, 6) is -2.21. The van der Waals surface area contributed by atoms with Gasteiger partial charge in [0, 0.05) is 4.88 Å². The van der Waals surface area contributed by atoms with Crippen LogP contribution in [0.3, 0.4) is 0 Å². The maximum Gasteiger partial charge on any atom is 0.239 e. The first kappa shape index (κ1) is 25.2. The molecule has 0 radical (unpaired) electrons. The van der Waals surface area contributed by atoms with E-state index in [0.29, 0.717) is 23.4 Å². The van der Waals surface area contributed by atoms with E-state index in [-0.39, 0.29) is 17.6 Å². The van der Waals surface area contributed by atoms with Crippen LogP contribution in [0.4, 0.5) is 5.00 Å². The van der Waals surface area contributed by atoms with Crippen molar-refractivity contribution in [2.24, 2.45) is 22.7 Å². The van der Waals surface area contributed by atoms with Gasteiger partial charge < -0.3 is 0 Å². The molecule has 5 nitrogen and oxygen atoms in total. The molecule has 0 unspecified atom stereocenters. The smallest absolute Gasteiger partial charge is 0.239 e. The summed E-state index contributed by atoms with van der Waals surface area (Å²) in [5.41, 5.74) is 2.87. The molecular weight excluding hydrogens is 516 g/mol. The quantitative estimate of drug-likeness (QED) is 0.338. The summed E-state index contributed by atoms with van der Waals surface area (Å²) < 4.78 is 0. The molecule has 2 aromatic carbocycles. The highest BCUT2D eigenvalue weighted by Gasteiger charge is 2.80. The Balaban J connectivity index is 1.50. The third-order valence-electron chi connectivity index (χ3n) is 10.0. The summed E-state index contributed by atoms with van der Waals surface area (Å²) in [4.78, 5) is 46.4. The largest absolute Gasteiger partial charge is 0.298 e. The van der Waals surface area contributed by atoms with Crippen LogP contribution < -0.4 is 4.90 Å². The number of imide groups is 1. The number of benzene rings is 2. The minimum absolute atomic E-state index is 0.00466. The number of nitrogens with zero attached hydrogens (tertiary/aromatic N) is 2. The Hall–Kier alpha value is -3.82. The molecule has 40 heavy (non-hydrogen) atoms. The van der Waals surface area contributed by atoms with E-state index in [1.54, 1.807) is 0 Å². The highest BCUT2D eigenvalue weighted by atomic mass is 32.1. The van der Waals surface area contributed by atoms with Crippen LogP contribution in [0.2, 0.25) is 0 Å². The van der Waals surface area contributed by atoms with Crippen LogP contribution in [0.1, 0.15) is 66.7 Å². The van der Waals surface area contributed by atoms with Crippen LogP contribution in [0, 0.1) is 34.0 Å². The zero-order valence-corrected chi connectivity index (χ0v) is 23.5. The molecule has 2 amide bonds. The van der Waals surface area contributed by atoms with Crippen LogP contribution in [-0.2, 0) is 27.2 Å². The summed E-state index contributed by atoms with van der Waals surface area (Å²) in [7, 11) is 0. The molecule has 2 heterocycles. The van der Waals surface area contributed by atoms with Crippen LogP contribution >= 0.6 is 11.3 Å². The van der Waals surface area contributed by atoms with Crippen molar-refractivity contribution in [2.45, 2.75) is 52.4 Å². The van der Waals surface area contributed by atoms with Crippen molar-refractivity contribution in [3.8, 4) is 6.07 Å². The molecule has 2 bridgehead atoms. The first-order valence-electron chi connectivity index (χ1n) is 14.3. The lowest BCUT2D eigenvalue weighted by Gasteiger charge is -2.38. The molecule has 0 N–H and O–H groups in total. The number of carbonyl (C=O) groups is 3. The van der Waals surface area contributed by atoms with Crippen molar-refractivity contribution in [3.05, 3.63) is 87.8 Å². The number of fused-ring (bicyclic) bond motifs is 6. The van der Waals surface area contributed by atoms with Crippen molar-refractivity contribution in [1.82, 2.24) is 0 Å². The number of aryl methyl sites for hydroxylation is 1. The highest BCUT2D eigenvalue weighted by Crippen LogP contribution is 2.76. The van der Waals surface area contributed by atoms with E-state index >= 15 is 0 Å². The van der Waals surface area contributed by atoms with Gasteiger partial charge in [-0.05, 0) is 66.4 Å². The number of ketones is 1. The van der Waals surface area contributed by atoms with E-state index in [0.717, 1.165) is 58.4 Å². The molecule has 3 aromatic rings. The summed E-state index contributed by atoms with van der Waals surface area (Å²) in [5, 5.41) is 10.6. The molecule has 3 aliphatic carbocycles. The number of allylic oxidation sites excluding steroid dienone is 2. The van der Waals surface area contributed by atoms with E-state index < -0.39 is 22.7 Å². The topological polar surface area (TPSA) is 78.2 Å². The Bertz CT molecular complexity index is 1580. The van der Waals surface area contributed by atoms with Crippen LogP contribution in [-0.4, -0.2) is 17.6 Å². The number of thiophene rings is 1. The maximum atomic E-state index is 14.9. The van der Waals surface area contributed by atoms with Crippen molar-refractivity contribution >= 4 is 45.1 Å². The van der Waals surface area contributed by atoms with E-state index in [1.807, 2.05) is 74.5 Å². The molecule has 1 aromatic heterocycles. The molecule has 4 atom stereocenters. The van der Waals surface area contributed by atoms with Gasteiger partial charge in [0.15, 0.2) is 5.78 Å². The summed E-state index contributed by atoms with van der Waals surface area (Å²) >= 11 is 1.42. The fourth-order valence-corrected chi connectivity index (χ4v) is 9.83. The van der Waals surface area contributed by atoms with Gasteiger partial charge in [0.05, 0.1) is 28.2 Å². The number of nitriles is 1. The molecule has 1 saturated heterocycles. The SMILES string of the molecule is CC[C@]12C(=O)[C@@](CC)(C(c3ccccc3)=C1c1ccccc1)[C@@H]1C(=O)N(c3sc4c(c3C#N)CCCC4)C(=O)[C@H]12. The maximum absolute atomic E-state index is 14.9. The third-order valence-corrected chi connectivity index (χ3v) is 11.3. The second-order valence-corrected chi connectivity index (χ2v) is 12.5. The van der Waals surface area contributed by atoms with Crippen LogP contribution in [0.15, 0.2) is 60.7 Å². The molecule has 1 aliphatic heterocycles. The molecule has 0 spiro atoms. The monoisotopic (exact) mass is 546 g/mol. The lowest BCUT2D eigenvalue weighted by atomic mass is 9.60. The van der Waals surface area contributed by atoms with Gasteiger partial charge in [-0.2, -0.15) is 5.26 Å². The molecule has 200 valence electrons. The van der Waals surface area contributed by atoms with E-state index in [4.69, 9.17) is 0 Å². The summed E-state index contributed by atoms with van der Waals surface area (Å²) in [6, 6.07) is 22.2. The third kappa shape index (κ3) is 2.84.